The first-order chi connectivity index (χ1) is 8.52. The summed E-state index contributed by atoms with van der Waals surface area (Å²) >= 11 is 0. The molecule has 0 heterocycles. The van der Waals surface area contributed by atoms with Crippen molar-refractivity contribution in [3.05, 3.63) is 29.3 Å². The SMILES string of the molecule is CCCC(C)(O)CNC1CCc2cc(N)ccc21. The lowest BCUT2D eigenvalue weighted by atomic mass is 9.99. The van der Waals surface area contributed by atoms with Crippen LogP contribution >= 0.6 is 0 Å². The standard InChI is InChI=1S/C15H24N2O/c1-3-8-15(2,18)10-17-14-7-4-11-9-12(16)5-6-13(11)14/h5-6,9,14,17-18H,3-4,7-8,10,16H2,1-2H3. The lowest BCUT2D eigenvalue weighted by molar-refractivity contribution is 0.0471. The van der Waals surface area contributed by atoms with Gasteiger partial charge in [0.15, 0.2) is 0 Å². The third-order valence-electron chi connectivity index (χ3n) is 3.76. The van der Waals surface area contributed by atoms with Gasteiger partial charge in [0.25, 0.3) is 0 Å². The lowest BCUT2D eigenvalue weighted by Crippen LogP contribution is -2.38. The minimum Gasteiger partial charge on any atom is -0.399 e. The van der Waals surface area contributed by atoms with Crippen molar-refractivity contribution in [1.82, 2.24) is 5.32 Å². The summed E-state index contributed by atoms with van der Waals surface area (Å²) in [4.78, 5) is 0. The quantitative estimate of drug-likeness (QED) is 0.701. The highest BCUT2D eigenvalue weighted by atomic mass is 16.3. The van der Waals surface area contributed by atoms with Gasteiger partial charge in [-0.05, 0) is 49.4 Å². The molecule has 0 aromatic heterocycles. The number of fused-ring (bicyclic) bond motifs is 1. The summed E-state index contributed by atoms with van der Waals surface area (Å²) in [6.07, 6.45) is 4.02. The van der Waals surface area contributed by atoms with Crippen LogP contribution in [-0.4, -0.2) is 17.3 Å². The van der Waals surface area contributed by atoms with Crippen LogP contribution in [0.2, 0.25) is 0 Å². The Morgan fingerprint density at radius 1 is 1.50 bits per heavy atom. The van der Waals surface area contributed by atoms with Gasteiger partial charge in [0, 0.05) is 18.3 Å². The number of aryl methyl sites for hydroxylation is 1. The third kappa shape index (κ3) is 3.03. The minimum absolute atomic E-state index is 0.365. The van der Waals surface area contributed by atoms with Gasteiger partial charge < -0.3 is 16.2 Å². The van der Waals surface area contributed by atoms with Gasteiger partial charge in [-0.3, -0.25) is 0 Å². The fourth-order valence-electron chi connectivity index (χ4n) is 2.82. The topological polar surface area (TPSA) is 58.3 Å². The Balaban J connectivity index is 1.98. The van der Waals surface area contributed by atoms with Gasteiger partial charge in [0.2, 0.25) is 0 Å². The van der Waals surface area contributed by atoms with Crippen molar-refractivity contribution in [3.63, 3.8) is 0 Å². The number of nitrogens with two attached hydrogens (primary N) is 1. The first kappa shape index (κ1) is 13.4. The minimum atomic E-state index is -0.606. The van der Waals surface area contributed by atoms with Crippen molar-refractivity contribution in [1.29, 1.82) is 0 Å². The molecule has 0 fully saturated rings. The van der Waals surface area contributed by atoms with Gasteiger partial charge in [-0.25, -0.2) is 0 Å². The van der Waals surface area contributed by atoms with Crippen molar-refractivity contribution in [2.75, 3.05) is 12.3 Å². The number of aliphatic hydroxyl groups is 1. The highest BCUT2D eigenvalue weighted by Crippen LogP contribution is 2.32. The highest BCUT2D eigenvalue weighted by Gasteiger charge is 2.25. The predicted molar refractivity (Wildman–Crippen MR) is 75.5 cm³/mol. The van der Waals surface area contributed by atoms with Crippen molar-refractivity contribution in [3.8, 4) is 0 Å². The number of rotatable bonds is 5. The molecule has 0 saturated carbocycles. The third-order valence-corrected chi connectivity index (χ3v) is 3.76. The summed E-state index contributed by atoms with van der Waals surface area (Å²) in [6.45, 7) is 4.65. The number of hydrogen-bond acceptors (Lipinski definition) is 3. The number of hydrogen-bond donors (Lipinski definition) is 3. The Labute approximate surface area is 109 Å². The van der Waals surface area contributed by atoms with E-state index in [4.69, 9.17) is 5.73 Å². The van der Waals surface area contributed by atoms with E-state index in [0.29, 0.717) is 12.6 Å². The van der Waals surface area contributed by atoms with E-state index in [1.165, 1.54) is 11.1 Å². The van der Waals surface area contributed by atoms with E-state index in [1.54, 1.807) is 0 Å². The molecule has 0 radical (unpaired) electrons. The molecule has 1 aliphatic carbocycles. The fraction of sp³-hybridized carbons (Fsp3) is 0.600. The van der Waals surface area contributed by atoms with Crippen molar-refractivity contribution >= 4 is 5.69 Å². The summed E-state index contributed by atoms with van der Waals surface area (Å²) in [6, 6.07) is 6.51. The molecule has 0 saturated heterocycles. The second-order valence-electron chi connectivity index (χ2n) is 5.68. The second kappa shape index (κ2) is 5.29. The first-order valence-corrected chi connectivity index (χ1v) is 6.86. The molecule has 0 spiro atoms. The van der Waals surface area contributed by atoms with Crippen LogP contribution in [0.3, 0.4) is 0 Å². The van der Waals surface area contributed by atoms with Gasteiger partial charge in [-0.1, -0.05) is 19.4 Å². The Bertz CT molecular complexity index is 415. The molecule has 18 heavy (non-hydrogen) atoms. The summed E-state index contributed by atoms with van der Waals surface area (Å²) in [5, 5.41) is 13.7. The normalized spacial score (nSPS) is 21.6. The zero-order chi connectivity index (χ0) is 13.2. The molecule has 3 heteroatoms. The zero-order valence-electron chi connectivity index (χ0n) is 11.4. The van der Waals surface area contributed by atoms with E-state index in [0.717, 1.165) is 31.4 Å². The van der Waals surface area contributed by atoms with Gasteiger partial charge in [-0.15, -0.1) is 0 Å². The van der Waals surface area contributed by atoms with E-state index < -0.39 is 5.60 Å². The Hall–Kier alpha value is -1.06. The highest BCUT2D eigenvalue weighted by molar-refractivity contribution is 5.47. The molecular weight excluding hydrogens is 224 g/mol. The Morgan fingerprint density at radius 3 is 3.00 bits per heavy atom. The van der Waals surface area contributed by atoms with Gasteiger partial charge >= 0.3 is 0 Å². The van der Waals surface area contributed by atoms with Crippen LogP contribution in [0.15, 0.2) is 18.2 Å². The Kier molecular flexibility index (Phi) is 3.93. The molecule has 1 aliphatic rings. The van der Waals surface area contributed by atoms with Crippen LogP contribution in [0.4, 0.5) is 5.69 Å². The maximum atomic E-state index is 10.2. The van der Waals surface area contributed by atoms with E-state index >= 15 is 0 Å². The molecule has 3 nitrogen and oxygen atoms in total. The molecule has 1 aromatic rings. The maximum Gasteiger partial charge on any atom is 0.0743 e. The smallest absolute Gasteiger partial charge is 0.0743 e. The summed E-state index contributed by atoms with van der Waals surface area (Å²) in [5.74, 6) is 0. The molecule has 0 bridgehead atoms. The van der Waals surface area contributed by atoms with Crippen LogP contribution in [0, 0.1) is 0 Å². The first-order valence-electron chi connectivity index (χ1n) is 6.86. The van der Waals surface area contributed by atoms with E-state index in [-0.39, 0.29) is 0 Å². The lowest BCUT2D eigenvalue weighted by Gasteiger charge is -2.25. The fourth-order valence-corrected chi connectivity index (χ4v) is 2.82. The second-order valence-corrected chi connectivity index (χ2v) is 5.68. The molecule has 0 amide bonds. The van der Waals surface area contributed by atoms with E-state index in [1.807, 2.05) is 13.0 Å². The van der Waals surface area contributed by atoms with Crippen molar-refractivity contribution < 1.29 is 5.11 Å². The molecule has 2 unspecified atom stereocenters. The largest absolute Gasteiger partial charge is 0.399 e. The molecule has 0 aliphatic heterocycles. The number of nitrogen functional groups attached to an aromatic ring is 1. The van der Waals surface area contributed by atoms with Gasteiger partial charge in [0.05, 0.1) is 5.60 Å². The summed E-state index contributed by atoms with van der Waals surface area (Å²) in [5.41, 5.74) is 8.73. The van der Waals surface area contributed by atoms with Crippen molar-refractivity contribution in [2.24, 2.45) is 0 Å². The molecular formula is C15H24N2O. The summed E-state index contributed by atoms with van der Waals surface area (Å²) in [7, 11) is 0. The zero-order valence-corrected chi connectivity index (χ0v) is 11.4. The molecule has 1 aromatic carbocycles. The monoisotopic (exact) mass is 248 g/mol. The van der Waals surface area contributed by atoms with Crippen LogP contribution in [0.25, 0.3) is 0 Å². The number of nitrogens with one attached hydrogen (secondary N) is 1. The van der Waals surface area contributed by atoms with Crippen LogP contribution in [0.5, 0.6) is 0 Å². The van der Waals surface area contributed by atoms with E-state index in [2.05, 4.69) is 24.4 Å². The molecule has 100 valence electrons. The molecule has 4 N–H and O–H groups in total. The summed E-state index contributed by atoms with van der Waals surface area (Å²) < 4.78 is 0. The average molecular weight is 248 g/mol. The number of benzene rings is 1. The Morgan fingerprint density at radius 2 is 2.28 bits per heavy atom. The average Bonchev–Trinajstić information content (AvgIpc) is 2.68. The van der Waals surface area contributed by atoms with Crippen molar-refractivity contribution in [2.45, 2.75) is 51.2 Å². The van der Waals surface area contributed by atoms with E-state index in [9.17, 15) is 5.11 Å². The van der Waals surface area contributed by atoms with Crippen LogP contribution in [-0.2, 0) is 6.42 Å². The number of anilines is 1. The van der Waals surface area contributed by atoms with Crippen LogP contribution < -0.4 is 11.1 Å². The van der Waals surface area contributed by atoms with Gasteiger partial charge in [-0.2, -0.15) is 0 Å². The van der Waals surface area contributed by atoms with Crippen LogP contribution in [0.1, 0.15) is 50.3 Å². The molecule has 2 rings (SSSR count). The molecule has 2 atom stereocenters. The predicted octanol–water partition coefficient (Wildman–Crippen LogP) is 2.40. The maximum absolute atomic E-state index is 10.2. The van der Waals surface area contributed by atoms with Gasteiger partial charge in [0.1, 0.15) is 0 Å².